The van der Waals surface area contributed by atoms with Crippen LogP contribution < -0.4 is 0 Å². The van der Waals surface area contributed by atoms with Crippen molar-refractivity contribution in [2.45, 2.75) is 6.92 Å². The molecule has 0 heterocycles. The van der Waals surface area contributed by atoms with Crippen LogP contribution in [0, 0.1) is 0 Å². The van der Waals surface area contributed by atoms with Gasteiger partial charge in [0.1, 0.15) is 0 Å². The number of hydrogen-bond donors (Lipinski definition) is 1. The monoisotopic (exact) mass is 151 g/mol. The number of hydrogen-bond acceptors (Lipinski definition) is 2. The number of amides is 1. The van der Waals surface area contributed by atoms with E-state index in [1.54, 1.807) is 6.92 Å². The molecule has 1 N–H and O–H groups in total. The molecule has 1 amide bonds. The van der Waals surface area contributed by atoms with Crippen LogP contribution in [0.2, 0.25) is 0 Å². The lowest BCUT2D eigenvalue weighted by Crippen LogP contribution is -2.28. The van der Waals surface area contributed by atoms with E-state index in [1.165, 1.54) is 4.90 Å². The third-order valence-electron chi connectivity index (χ3n) is 1.00. The van der Waals surface area contributed by atoms with Crippen molar-refractivity contribution in [1.29, 1.82) is 0 Å². The molecule has 9 heavy (non-hydrogen) atoms. The Hall–Kier alpha value is -0.280. The summed E-state index contributed by atoms with van der Waals surface area (Å²) in [6.45, 7) is 2.63. The molecule has 0 fully saturated rings. The van der Waals surface area contributed by atoms with Gasteiger partial charge in [0.2, 0.25) is 0 Å². The maximum Gasteiger partial charge on any atom is 0.316 e. The van der Waals surface area contributed by atoms with Crippen LogP contribution in [-0.2, 0) is 0 Å². The Bertz CT molecular complexity index is 97.0. The summed E-state index contributed by atoms with van der Waals surface area (Å²) in [5.74, 6) is 0. The highest BCUT2D eigenvalue weighted by Gasteiger charge is 2.04. The van der Waals surface area contributed by atoms with Crippen LogP contribution >= 0.6 is 11.6 Å². The van der Waals surface area contributed by atoms with Gasteiger partial charge in [0.25, 0.3) is 0 Å². The van der Waals surface area contributed by atoms with E-state index in [2.05, 4.69) is 0 Å². The van der Waals surface area contributed by atoms with Crippen molar-refractivity contribution in [1.82, 2.24) is 4.90 Å². The van der Waals surface area contributed by atoms with E-state index in [9.17, 15) is 4.79 Å². The minimum absolute atomic E-state index is 0.0354. The van der Waals surface area contributed by atoms with Crippen LogP contribution in [-0.4, -0.2) is 35.1 Å². The zero-order valence-corrected chi connectivity index (χ0v) is 6.06. The zero-order valence-electron chi connectivity index (χ0n) is 5.30. The first kappa shape index (κ1) is 8.72. The molecule has 0 saturated carbocycles. The molecule has 3 nitrogen and oxygen atoms in total. The molecule has 0 bridgehead atoms. The lowest BCUT2D eigenvalue weighted by atomic mass is 10.5. The first-order valence-electron chi connectivity index (χ1n) is 2.77. The van der Waals surface area contributed by atoms with Crippen LogP contribution in [0.15, 0.2) is 0 Å². The summed E-state index contributed by atoms with van der Waals surface area (Å²) in [6.07, 6.45) is 0. The Kier molecular flexibility index (Phi) is 4.44. The molecular weight excluding hydrogens is 142 g/mol. The average Bonchev–Trinajstić information content (AvgIpc) is 1.82. The molecule has 0 saturated heterocycles. The second-order valence-corrected chi connectivity index (χ2v) is 1.88. The number of rotatable bonds is 3. The van der Waals surface area contributed by atoms with Crippen molar-refractivity contribution in [2.24, 2.45) is 0 Å². The Balaban J connectivity index is 3.54. The van der Waals surface area contributed by atoms with Gasteiger partial charge in [0.05, 0.1) is 6.61 Å². The van der Waals surface area contributed by atoms with Crippen LogP contribution in [0.5, 0.6) is 0 Å². The first-order chi connectivity index (χ1) is 4.22. The molecule has 4 heteroatoms. The second kappa shape index (κ2) is 4.58. The van der Waals surface area contributed by atoms with E-state index in [1.807, 2.05) is 0 Å². The Morgan fingerprint density at radius 3 is 2.44 bits per heavy atom. The van der Waals surface area contributed by atoms with Gasteiger partial charge in [-0.3, -0.25) is 4.79 Å². The molecular formula is C5H10ClNO2. The maximum atomic E-state index is 10.3. The zero-order chi connectivity index (χ0) is 7.28. The van der Waals surface area contributed by atoms with Gasteiger partial charge in [-0.15, -0.1) is 0 Å². The molecule has 0 radical (unpaired) electrons. The van der Waals surface area contributed by atoms with Gasteiger partial charge < -0.3 is 10.0 Å². The van der Waals surface area contributed by atoms with E-state index in [4.69, 9.17) is 16.7 Å². The highest BCUT2D eigenvalue weighted by molar-refractivity contribution is 6.62. The average molecular weight is 152 g/mol. The molecule has 0 spiro atoms. The quantitative estimate of drug-likeness (QED) is 0.476. The van der Waals surface area contributed by atoms with Crippen LogP contribution in [0.4, 0.5) is 4.79 Å². The third-order valence-corrected chi connectivity index (χ3v) is 1.24. The van der Waals surface area contributed by atoms with Gasteiger partial charge in [-0.25, -0.2) is 0 Å². The van der Waals surface area contributed by atoms with Crippen molar-refractivity contribution >= 4 is 17.0 Å². The standard InChI is InChI=1S/C5H10ClNO2/c1-2-7(3-4-8)5(6)9/h8H,2-4H2,1H3. The topological polar surface area (TPSA) is 40.5 Å². The molecule has 0 rings (SSSR count). The molecule has 54 valence electrons. The minimum Gasteiger partial charge on any atom is -0.395 e. The molecule has 0 aliphatic carbocycles. The SMILES string of the molecule is CCN(CCO)C(=O)Cl. The van der Waals surface area contributed by atoms with Gasteiger partial charge >= 0.3 is 5.37 Å². The summed E-state index contributed by atoms with van der Waals surface area (Å²) >= 11 is 5.10. The fourth-order valence-electron chi connectivity index (χ4n) is 0.491. The third kappa shape index (κ3) is 3.32. The second-order valence-electron chi connectivity index (χ2n) is 1.56. The van der Waals surface area contributed by atoms with Crippen LogP contribution in [0.25, 0.3) is 0 Å². The summed E-state index contributed by atoms with van der Waals surface area (Å²) in [4.78, 5) is 11.7. The van der Waals surface area contributed by atoms with E-state index in [-0.39, 0.29) is 6.61 Å². The van der Waals surface area contributed by atoms with Crippen LogP contribution in [0.1, 0.15) is 6.92 Å². The largest absolute Gasteiger partial charge is 0.395 e. The molecule has 0 aliphatic rings. The van der Waals surface area contributed by atoms with Crippen molar-refractivity contribution in [3.63, 3.8) is 0 Å². The first-order valence-corrected chi connectivity index (χ1v) is 3.15. The maximum absolute atomic E-state index is 10.3. The smallest absolute Gasteiger partial charge is 0.316 e. The fourth-order valence-corrected chi connectivity index (χ4v) is 0.695. The van der Waals surface area contributed by atoms with Gasteiger partial charge in [-0.2, -0.15) is 0 Å². The molecule has 0 unspecified atom stereocenters. The number of carbonyl (C=O) groups is 1. The highest BCUT2D eigenvalue weighted by Crippen LogP contribution is 1.93. The molecule has 0 aromatic carbocycles. The molecule has 0 atom stereocenters. The van der Waals surface area contributed by atoms with Crippen molar-refractivity contribution in [2.75, 3.05) is 19.7 Å². The highest BCUT2D eigenvalue weighted by atomic mass is 35.5. The van der Waals surface area contributed by atoms with Gasteiger partial charge in [0, 0.05) is 13.1 Å². The van der Waals surface area contributed by atoms with Gasteiger partial charge in [-0.05, 0) is 18.5 Å². The lowest BCUT2D eigenvalue weighted by Gasteiger charge is -2.14. The Morgan fingerprint density at radius 1 is 1.78 bits per heavy atom. The summed E-state index contributed by atoms with van der Waals surface area (Å²) in [5, 5.41) is 7.86. The summed E-state index contributed by atoms with van der Waals surface area (Å²) < 4.78 is 0. The van der Waals surface area contributed by atoms with Gasteiger partial charge in [-0.1, -0.05) is 0 Å². The van der Waals surface area contributed by atoms with E-state index >= 15 is 0 Å². The van der Waals surface area contributed by atoms with Gasteiger partial charge in [0.15, 0.2) is 0 Å². The fraction of sp³-hybridized carbons (Fsp3) is 0.800. The predicted molar refractivity (Wildman–Crippen MR) is 35.6 cm³/mol. The number of aliphatic hydroxyl groups excluding tert-OH is 1. The van der Waals surface area contributed by atoms with Crippen LogP contribution in [0.3, 0.4) is 0 Å². The summed E-state index contributed by atoms with van der Waals surface area (Å²) in [5.41, 5.74) is 0. The number of aliphatic hydroxyl groups is 1. The van der Waals surface area contributed by atoms with Crippen molar-refractivity contribution in [3.8, 4) is 0 Å². The lowest BCUT2D eigenvalue weighted by molar-refractivity contribution is 0.200. The predicted octanol–water partition coefficient (Wildman–Crippen LogP) is 0.659. The van der Waals surface area contributed by atoms with Crippen molar-refractivity contribution < 1.29 is 9.90 Å². The number of halogens is 1. The van der Waals surface area contributed by atoms with E-state index in [0.29, 0.717) is 13.1 Å². The molecule has 0 aromatic rings. The molecule has 0 aliphatic heterocycles. The summed E-state index contributed by atoms with van der Waals surface area (Å²) in [7, 11) is 0. The Labute approximate surface area is 59.2 Å². The van der Waals surface area contributed by atoms with E-state index in [0.717, 1.165) is 0 Å². The normalized spacial score (nSPS) is 9.22. The number of nitrogens with zero attached hydrogens (tertiary/aromatic N) is 1. The van der Waals surface area contributed by atoms with E-state index < -0.39 is 5.37 Å². The van der Waals surface area contributed by atoms with Crippen molar-refractivity contribution in [3.05, 3.63) is 0 Å². The number of likely N-dealkylation sites (N-methyl/N-ethyl adjacent to an activating group) is 1. The minimum atomic E-state index is -0.508. The molecule has 0 aromatic heterocycles. The number of carbonyl (C=O) groups excluding carboxylic acids is 1. The Morgan fingerprint density at radius 2 is 2.33 bits per heavy atom. The summed E-state index contributed by atoms with van der Waals surface area (Å²) in [6, 6.07) is 0.